The van der Waals surface area contributed by atoms with Gasteiger partial charge in [-0.1, -0.05) is 37.5 Å². The zero-order chi connectivity index (χ0) is 28.6. The van der Waals surface area contributed by atoms with Gasteiger partial charge in [0, 0.05) is 49.3 Å². The van der Waals surface area contributed by atoms with Gasteiger partial charge in [-0.05, 0) is 61.4 Å². The summed E-state index contributed by atoms with van der Waals surface area (Å²) in [7, 11) is 1.69. The minimum absolute atomic E-state index is 0.121. The van der Waals surface area contributed by atoms with Gasteiger partial charge in [0.15, 0.2) is 0 Å². The number of nitrogens with one attached hydrogen (secondary N) is 3. The Morgan fingerprint density at radius 2 is 1.51 bits per heavy atom. The smallest absolute Gasteiger partial charge is 0.323 e. The van der Waals surface area contributed by atoms with Crippen molar-refractivity contribution in [2.75, 3.05) is 53.7 Å². The zero-order valence-corrected chi connectivity index (χ0v) is 23.4. The Bertz CT molecular complexity index is 1420. The molecule has 0 bridgehead atoms. The number of rotatable bonds is 7. The van der Waals surface area contributed by atoms with Crippen LogP contribution < -0.4 is 30.5 Å². The van der Waals surface area contributed by atoms with Crippen LogP contribution in [0.2, 0.25) is 0 Å². The van der Waals surface area contributed by atoms with Gasteiger partial charge in [0.05, 0.1) is 30.0 Å². The van der Waals surface area contributed by atoms with E-state index in [0.29, 0.717) is 22.5 Å². The summed E-state index contributed by atoms with van der Waals surface area (Å²) >= 11 is 0. The summed E-state index contributed by atoms with van der Waals surface area (Å²) in [6.45, 7) is 3.05. The van der Waals surface area contributed by atoms with E-state index < -0.39 is 6.03 Å². The number of benzene rings is 3. The van der Waals surface area contributed by atoms with Crippen LogP contribution in [0.1, 0.15) is 48.0 Å². The fraction of sp³-hybridized carbons (Fsp3) is 0.344. The largest absolute Gasteiger partial charge is 0.495 e. The van der Waals surface area contributed by atoms with Crippen molar-refractivity contribution in [1.29, 1.82) is 5.26 Å². The van der Waals surface area contributed by atoms with Crippen molar-refractivity contribution in [2.24, 2.45) is 0 Å². The first-order valence-electron chi connectivity index (χ1n) is 14.2. The predicted molar refractivity (Wildman–Crippen MR) is 162 cm³/mol. The third-order valence-corrected chi connectivity index (χ3v) is 7.74. The van der Waals surface area contributed by atoms with E-state index in [2.05, 4.69) is 37.9 Å². The summed E-state index contributed by atoms with van der Waals surface area (Å²) in [5.41, 5.74) is 3.96. The highest BCUT2D eigenvalue weighted by Crippen LogP contribution is 2.31. The monoisotopic (exact) mass is 552 g/mol. The molecule has 0 atom stereocenters. The van der Waals surface area contributed by atoms with Crippen molar-refractivity contribution < 1.29 is 14.3 Å². The Balaban J connectivity index is 1.33. The lowest BCUT2D eigenvalue weighted by molar-refractivity contribution is 0.0928. The second-order valence-electron chi connectivity index (χ2n) is 10.5. The van der Waals surface area contributed by atoms with Gasteiger partial charge in [-0.15, -0.1) is 0 Å². The second-order valence-corrected chi connectivity index (χ2v) is 10.5. The number of hydrogen-bond donors (Lipinski definition) is 3. The van der Waals surface area contributed by atoms with Crippen molar-refractivity contribution in [2.45, 2.75) is 38.1 Å². The Morgan fingerprint density at radius 1 is 0.829 bits per heavy atom. The van der Waals surface area contributed by atoms with Gasteiger partial charge in [0.2, 0.25) is 0 Å². The quantitative estimate of drug-likeness (QED) is 0.352. The van der Waals surface area contributed by atoms with Gasteiger partial charge in [0.1, 0.15) is 5.75 Å². The van der Waals surface area contributed by atoms with Crippen LogP contribution in [0.15, 0.2) is 66.7 Å². The normalized spacial score (nSPS) is 15.5. The molecular formula is C32H36N6O3. The molecule has 0 radical (unpaired) electrons. The maximum atomic E-state index is 13.6. The van der Waals surface area contributed by atoms with Crippen LogP contribution in [0.5, 0.6) is 5.75 Å². The number of urea groups is 1. The van der Waals surface area contributed by atoms with Gasteiger partial charge in [0.25, 0.3) is 5.91 Å². The van der Waals surface area contributed by atoms with E-state index in [1.807, 2.05) is 30.3 Å². The Kier molecular flexibility index (Phi) is 8.89. The third-order valence-electron chi connectivity index (χ3n) is 7.74. The van der Waals surface area contributed by atoms with Crippen LogP contribution in [0, 0.1) is 11.3 Å². The number of methoxy groups -OCH3 is 1. The average Bonchev–Trinajstić information content (AvgIpc) is 3.01. The summed E-state index contributed by atoms with van der Waals surface area (Å²) < 4.78 is 5.56. The molecule has 3 aromatic rings. The highest BCUT2D eigenvalue weighted by atomic mass is 16.5. The molecule has 1 heterocycles. The highest BCUT2D eigenvalue weighted by Gasteiger charge is 2.25. The van der Waals surface area contributed by atoms with Crippen molar-refractivity contribution >= 4 is 34.7 Å². The number of piperazine rings is 1. The highest BCUT2D eigenvalue weighted by molar-refractivity contribution is 6.04. The molecule has 0 unspecified atom stereocenters. The molecule has 212 valence electrons. The van der Waals surface area contributed by atoms with Crippen LogP contribution in [-0.2, 0) is 0 Å². The van der Waals surface area contributed by atoms with Gasteiger partial charge >= 0.3 is 6.03 Å². The molecule has 41 heavy (non-hydrogen) atoms. The predicted octanol–water partition coefficient (Wildman–Crippen LogP) is 5.60. The van der Waals surface area contributed by atoms with Gasteiger partial charge in [-0.3, -0.25) is 4.79 Å². The lowest BCUT2D eigenvalue weighted by Crippen LogP contribution is -2.47. The van der Waals surface area contributed by atoms with Crippen molar-refractivity contribution in [3.8, 4) is 11.8 Å². The molecule has 1 saturated carbocycles. The van der Waals surface area contributed by atoms with Gasteiger partial charge in [-0.25, -0.2) is 4.79 Å². The summed E-state index contributed by atoms with van der Waals surface area (Å²) in [5, 5.41) is 18.0. The Labute approximate surface area is 241 Å². The number of amides is 3. The van der Waals surface area contributed by atoms with E-state index in [9.17, 15) is 9.59 Å². The number of carbonyl (C=O) groups excluding carboxylic acids is 2. The van der Waals surface area contributed by atoms with Gasteiger partial charge < -0.3 is 30.5 Å². The number of para-hydroxylation sites is 2. The summed E-state index contributed by atoms with van der Waals surface area (Å²) in [6.07, 6.45) is 5.43. The van der Waals surface area contributed by atoms with E-state index in [-0.39, 0.29) is 11.9 Å². The lowest BCUT2D eigenvalue weighted by Gasteiger charge is -2.38. The lowest BCUT2D eigenvalue weighted by atomic mass is 9.95. The maximum absolute atomic E-state index is 13.6. The number of carbonyl (C=O) groups is 2. The van der Waals surface area contributed by atoms with Crippen LogP contribution in [0.25, 0.3) is 0 Å². The van der Waals surface area contributed by atoms with Crippen LogP contribution in [0.4, 0.5) is 27.5 Å². The first-order valence-corrected chi connectivity index (χ1v) is 14.2. The zero-order valence-electron chi connectivity index (χ0n) is 23.4. The van der Waals surface area contributed by atoms with E-state index in [1.54, 1.807) is 37.4 Å². The van der Waals surface area contributed by atoms with Crippen LogP contribution >= 0.6 is 0 Å². The summed E-state index contributed by atoms with van der Waals surface area (Å²) in [4.78, 5) is 30.9. The van der Waals surface area contributed by atoms with E-state index in [0.717, 1.165) is 69.0 Å². The molecule has 1 aliphatic heterocycles. The Morgan fingerprint density at radius 3 is 2.22 bits per heavy atom. The molecule has 1 aliphatic carbocycles. The molecule has 3 N–H and O–H groups in total. The number of nitrogens with zero attached hydrogens (tertiary/aromatic N) is 3. The van der Waals surface area contributed by atoms with Gasteiger partial charge in [-0.2, -0.15) is 5.26 Å². The fourth-order valence-electron chi connectivity index (χ4n) is 5.62. The number of ether oxygens (including phenoxy) is 1. The number of nitriles is 1. The maximum Gasteiger partial charge on any atom is 0.323 e. The van der Waals surface area contributed by atoms with Crippen molar-refractivity contribution in [1.82, 2.24) is 5.32 Å². The molecular weight excluding hydrogens is 516 g/mol. The van der Waals surface area contributed by atoms with E-state index in [4.69, 9.17) is 10.00 Å². The molecule has 1 saturated heterocycles. The number of anilines is 4. The minimum Gasteiger partial charge on any atom is -0.495 e. The molecule has 3 aromatic carbocycles. The van der Waals surface area contributed by atoms with E-state index >= 15 is 0 Å². The SMILES string of the molecule is COc1ccccc1N1CCN(c2ccc(NC(=O)Nc3cccc(C#N)c3)cc2C(=O)NC2CCCCC2)CC1. The fourth-order valence-corrected chi connectivity index (χ4v) is 5.62. The van der Waals surface area contributed by atoms with Crippen molar-refractivity contribution in [3.63, 3.8) is 0 Å². The molecule has 3 amide bonds. The summed E-state index contributed by atoms with van der Waals surface area (Å²) in [5.74, 6) is 0.728. The van der Waals surface area contributed by atoms with Crippen LogP contribution in [-0.4, -0.2) is 51.3 Å². The third kappa shape index (κ3) is 6.90. The van der Waals surface area contributed by atoms with E-state index in [1.165, 1.54) is 6.42 Å². The number of hydrogen-bond acceptors (Lipinski definition) is 6. The first kappa shape index (κ1) is 27.8. The van der Waals surface area contributed by atoms with Crippen molar-refractivity contribution in [3.05, 3.63) is 77.9 Å². The topological polar surface area (TPSA) is 110 Å². The molecule has 2 aliphatic rings. The molecule has 5 rings (SSSR count). The Hall–Kier alpha value is -4.71. The molecule has 0 aromatic heterocycles. The average molecular weight is 553 g/mol. The molecule has 2 fully saturated rings. The van der Waals surface area contributed by atoms with Crippen LogP contribution in [0.3, 0.4) is 0 Å². The summed E-state index contributed by atoms with van der Waals surface area (Å²) in [6, 6.07) is 22.0. The molecule has 9 heteroatoms. The minimum atomic E-state index is -0.447. The molecule has 0 spiro atoms. The second kappa shape index (κ2) is 13.1. The standard InChI is InChI=1S/C32H36N6O3/c1-41-30-13-6-5-12-29(30)38-18-16-37(17-19-38)28-15-14-26(21-27(28)31(39)34-24-9-3-2-4-10-24)36-32(40)35-25-11-7-8-23(20-25)22-33/h5-8,11-15,20-21,24H,2-4,9-10,16-19H2,1H3,(H,34,39)(H2,35,36,40). The first-order chi connectivity index (χ1) is 20.0. The molecule has 9 nitrogen and oxygen atoms in total.